The van der Waals surface area contributed by atoms with Gasteiger partial charge in [0, 0.05) is 8.42 Å². The number of hydrogen-bond acceptors (Lipinski definition) is 3. The molecule has 3 unspecified atom stereocenters. The van der Waals surface area contributed by atoms with Crippen molar-refractivity contribution in [2.75, 3.05) is 18.2 Å². The molecule has 1 heterocycles. The number of thioether (sulfide) groups is 2. The molecule has 0 aromatic rings. The lowest BCUT2D eigenvalue weighted by atomic mass is 10.1. The Labute approximate surface area is 136 Å². The molecule has 20 heavy (non-hydrogen) atoms. The van der Waals surface area contributed by atoms with E-state index in [0.717, 1.165) is 19.8 Å². The Morgan fingerprint density at radius 2 is 1.85 bits per heavy atom. The number of carbonyl (C=O) groups excluding carboxylic acids is 1. The Hall–Kier alpha value is 0.807. The SMILES string of the molecule is CCSC1(SCC)C(=O)N(PPC)C1C#C[Si](C)(C)C. The second-order valence-electron chi connectivity index (χ2n) is 5.49. The number of hydrogen-bond donors (Lipinski definition) is 0. The minimum absolute atomic E-state index is 0.113. The molecular weight excluding hydrogens is 340 g/mol. The van der Waals surface area contributed by atoms with E-state index in [4.69, 9.17) is 0 Å². The Morgan fingerprint density at radius 3 is 2.25 bits per heavy atom. The van der Waals surface area contributed by atoms with Crippen molar-refractivity contribution in [2.24, 2.45) is 0 Å². The van der Waals surface area contributed by atoms with Crippen molar-refractivity contribution in [3.8, 4) is 11.5 Å². The van der Waals surface area contributed by atoms with Crippen LogP contribution in [0.2, 0.25) is 19.6 Å². The molecule has 0 bridgehead atoms. The molecule has 1 saturated heterocycles. The number of amides is 1. The van der Waals surface area contributed by atoms with Crippen LogP contribution in [0, 0.1) is 11.5 Å². The average Bonchev–Trinajstić information content (AvgIpc) is 2.36. The van der Waals surface area contributed by atoms with Gasteiger partial charge >= 0.3 is 0 Å². The first kappa shape index (κ1) is 18.9. The summed E-state index contributed by atoms with van der Waals surface area (Å²) in [5.41, 5.74) is 3.48. The third kappa shape index (κ3) is 4.17. The fraction of sp³-hybridized carbons (Fsp3) is 0.769. The van der Waals surface area contributed by atoms with Crippen molar-refractivity contribution in [1.29, 1.82) is 0 Å². The zero-order valence-electron chi connectivity index (χ0n) is 13.2. The van der Waals surface area contributed by atoms with Gasteiger partial charge in [0.15, 0.2) is 4.08 Å². The van der Waals surface area contributed by atoms with Crippen LogP contribution >= 0.6 is 40.2 Å². The Kier molecular flexibility index (Phi) is 7.43. The maximum absolute atomic E-state index is 12.6. The quantitative estimate of drug-likeness (QED) is 0.232. The zero-order chi connectivity index (χ0) is 15.4. The van der Waals surface area contributed by atoms with Crippen molar-refractivity contribution in [2.45, 2.75) is 43.6 Å². The van der Waals surface area contributed by atoms with Crippen LogP contribution in [0.3, 0.4) is 0 Å². The van der Waals surface area contributed by atoms with E-state index in [9.17, 15) is 4.79 Å². The smallest absolute Gasteiger partial charge is 0.256 e. The molecule has 0 N–H and O–H groups in total. The van der Waals surface area contributed by atoms with Gasteiger partial charge < -0.3 is 4.67 Å². The van der Waals surface area contributed by atoms with E-state index in [0.29, 0.717) is 14.3 Å². The van der Waals surface area contributed by atoms with Crippen LogP contribution in [0.25, 0.3) is 0 Å². The summed E-state index contributed by atoms with van der Waals surface area (Å²) in [6.45, 7) is 13.2. The summed E-state index contributed by atoms with van der Waals surface area (Å²) < 4.78 is 1.69. The van der Waals surface area contributed by atoms with Gasteiger partial charge in [-0.05, 0) is 18.2 Å². The maximum atomic E-state index is 12.6. The molecule has 1 fully saturated rings. The van der Waals surface area contributed by atoms with Crippen molar-refractivity contribution in [3.63, 3.8) is 0 Å². The molecule has 1 rings (SSSR count). The van der Waals surface area contributed by atoms with Crippen LogP contribution in [0.1, 0.15) is 13.8 Å². The highest BCUT2D eigenvalue weighted by molar-refractivity contribution is 8.20. The normalized spacial score (nSPS) is 22.4. The standard InChI is InChI=1S/C13H25NOP2S2Si/c1-7-18-13(19-8-2)11(9-10-20(4,5)6)14(12(13)15)17-16-3/h11,16-17H,7-8H2,1-6H3. The van der Waals surface area contributed by atoms with Crippen LogP contribution in [-0.2, 0) is 4.79 Å². The lowest BCUT2D eigenvalue weighted by Crippen LogP contribution is -2.66. The van der Waals surface area contributed by atoms with Gasteiger partial charge in [0.2, 0.25) is 0 Å². The van der Waals surface area contributed by atoms with Gasteiger partial charge in [-0.2, -0.15) is 0 Å². The van der Waals surface area contributed by atoms with Crippen molar-refractivity contribution in [1.82, 2.24) is 4.67 Å². The van der Waals surface area contributed by atoms with Gasteiger partial charge in [-0.3, -0.25) is 4.79 Å². The van der Waals surface area contributed by atoms with E-state index < -0.39 is 8.07 Å². The van der Waals surface area contributed by atoms with Crippen molar-refractivity contribution < 1.29 is 4.79 Å². The molecule has 7 heteroatoms. The predicted octanol–water partition coefficient (Wildman–Crippen LogP) is 4.10. The largest absolute Gasteiger partial charge is 0.302 e. The summed E-state index contributed by atoms with van der Waals surface area (Å²) in [6.07, 6.45) is 0. The minimum atomic E-state index is -1.40. The minimum Gasteiger partial charge on any atom is -0.302 e. The van der Waals surface area contributed by atoms with Crippen molar-refractivity contribution >= 4 is 54.2 Å². The molecule has 0 aromatic carbocycles. The third-order valence-electron chi connectivity index (χ3n) is 2.67. The van der Waals surface area contributed by atoms with Crippen LogP contribution in [-0.4, -0.2) is 46.9 Å². The monoisotopic (exact) mass is 365 g/mol. The summed E-state index contributed by atoms with van der Waals surface area (Å²) in [5, 5.41) is 0. The summed E-state index contributed by atoms with van der Waals surface area (Å²) in [6, 6.07) is 0.113. The van der Waals surface area contributed by atoms with Crippen LogP contribution in [0.15, 0.2) is 0 Å². The highest BCUT2D eigenvalue weighted by Crippen LogP contribution is 2.57. The highest BCUT2D eigenvalue weighted by atomic mass is 32.2. The Balaban J connectivity index is 3.06. The second kappa shape index (κ2) is 7.89. The number of carbonyl (C=O) groups is 1. The zero-order valence-corrected chi connectivity index (χ0v) is 17.8. The number of nitrogens with zero attached hydrogens (tertiary/aromatic N) is 1. The van der Waals surface area contributed by atoms with E-state index >= 15 is 0 Å². The molecule has 3 atom stereocenters. The van der Waals surface area contributed by atoms with E-state index in [-0.39, 0.29) is 10.1 Å². The average molecular weight is 366 g/mol. The fourth-order valence-corrected chi connectivity index (χ4v) is 8.16. The molecule has 0 spiro atoms. The number of rotatable bonds is 6. The molecule has 0 radical (unpaired) electrons. The van der Waals surface area contributed by atoms with E-state index in [1.807, 2.05) is 4.67 Å². The first-order valence-electron chi connectivity index (χ1n) is 6.89. The molecule has 114 valence electrons. The molecule has 1 aliphatic rings. The van der Waals surface area contributed by atoms with Gasteiger partial charge in [-0.1, -0.05) is 47.7 Å². The molecule has 1 amide bonds. The lowest BCUT2D eigenvalue weighted by molar-refractivity contribution is -0.135. The van der Waals surface area contributed by atoms with E-state index in [2.05, 4.69) is 51.6 Å². The van der Waals surface area contributed by atoms with Gasteiger partial charge in [0.05, 0.1) is 0 Å². The van der Waals surface area contributed by atoms with E-state index in [1.165, 1.54) is 0 Å². The summed E-state index contributed by atoms with van der Waals surface area (Å²) in [5.74, 6) is 5.71. The summed E-state index contributed by atoms with van der Waals surface area (Å²) in [4.78, 5) is 12.6. The Morgan fingerprint density at radius 1 is 1.30 bits per heavy atom. The fourth-order valence-electron chi connectivity index (χ4n) is 1.94. The van der Waals surface area contributed by atoms with Gasteiger partial charge in [-0.25, -0.2) is 0 Å². The van der Waals surface area contributed by atoms with Crippen LogP contribution < -0.4 is 0 Å². The summed E-state index contributed by atoms with van der Waals surface area (Å²) in [7, 11) is 0.00254. The van der Waals surface area contributed by atoms with Crippen molar-refractivity contribution in [3.05, 3.63) is 0 Å². The summed E-state index contributed by atoms with van der Waals surface area (Å²) >= 11 is 3.56. The molecule has 0 aliphatic carbocycles. The maximum Gasteiger partial charge on any atom is 0.256 e. The molecule has 0 aromatic heterocycles. The first-order chi connectivity index (χ1) is 9.32. The lowest BCUT2D eigenvalue weighted by Gasteiger charge is -2.52. The van der Waals surface area contributed by atoms with Gasteiger partial charge in [0.1, 0.15) is 14.1 Å². The van der Waals surface area contributed by atoms with Crippen LogP contribution in [0.4, 0.5) is 0 Å². The third-order valence-corrected chi connectivity index (χ3v) is 8.82. The van der Waals surface area contributed by atoms with E-state index in [1.54, 1.807) is 23.5 Å². The van der Waals surface area contributed by atoms with Gasteiger partial charge in [-0.15, -0.1) is 29.1 Å². The molecule has 1 aliphatic heterocycles. The number of β-lactam (4-membered cyclic amide) rings is 1. The molecule has 2 nitrogen and oxygen atoms in total. The Bertz CT molecular complexity index is 411. The van der Waals surface area contributed by atoms with Gasteiger partial charge in [0.25, 0.3) is 5.91 Å². The second-order valence-corrected chi connectivity index (χ2v) is 16.9. The molecular formula is C13H25NOP2S2Si. The first-order valence-corrected chi connectivity index (χ1v) is 15.8. The van der Waals surface area contributed by atoms with Crippen LogP contribution in [0.5, 0.6) is 0 Å². The molecule has 0 saturated carbocycles. The highest BCUT2D eigenvalue weighted by Gasteiger charge is 2.60. The predicted molar refractivity (Wildman–Crippen MR) is 103 cm³/mol. The topological polar surface area (TPSA) is 20.3 Å².